The number of amides is 2. The molecule has 30 heavy (non-hydrogen) atoms. The van der Waals surface area contributed by atoms with Gasteiger partial charge >= 0.3 is 5.97 Å². The van der Waals surface area contributed by atoms with Crippen LogP contribution in [0.2, 0.25) is 0 Å². The average molecular weight is 432 g/mol. The molecule has 0 bridgehead atoms. The lowest BCUT2D eigenvalue weighted by Gasteiger charge is -2.13. The molecule has 0 saturated carbocycles. The first-order valence-corrected chi connectivity index (χ1v) is 10.8. The van der Waals surface area contributed by atoms with E-state index in [1.807, 2.05) is 6.07 Å². The fraction of sp³-hybridized carbons (Fsp3) is 0.250. The van der Waals surface area contributed by atoms with Crippen molar-refractivity contribution in [2.75, 3.05) is 23.6 Å². The molecule has 0 aliphatic carbocycles. The van der Waals surface area contributed by atoms with Crippen molar-refractivity contribution < 1.29 is 32.6 Å². The highest BCUT2D eigenvalue weighted by atomic mass is 32.2. The van der Waals surface area contributed by atoms with Gasteiger partial charge in [-0.25, -0.2) is 8.42 Å². The Hall–Kier alpha value is -3.24. The molecule has 1 aliphatic rings. The van der Waals surface area contributed by atoms with E-state index in [1.54, 1.807) is 24.3 Å². The Balaban J connectivity index is 1.66. The molecule has 9 nitrogen and oxygen atoms in total. The predicted molar refractivity (Wildman–Crippen MR) is 107 cm³/mol. The molecule has 2 aromatic carbocycles. The lowest BCUT2D eigenvalue weighted by Crippen LogP contribution is -2.35. The van der Waals surface area contributed by atoms with Gasteiger partial charge in [0, 0.05) is 12.3 Å². The monoisotopic (exact) mass is 432 g/mol. The smallest absolute Gasteiger partial charge is 0.326 e. The van der Waals surface area contributed by atoms with E-state index >= 15 is 0 Å². The minimum absolute atomic E-state index is 0.00165. The summed E-state index contributed by atoms with van der Waals surface area (Å²) in [5, 5.41) is 8.77. The number of carbonyl (C=O) groups excluding carboxylic acids is 3. The third-order valence-corrected chi connectivity index (χ3v) is 5.72. The van der Waals surface area contributed by atoms with Crippen LogP contribution >= 0.6 is 0 Å². The third-order valence-electron chi connectivity index (χ3n) is 4.35. The predicted octanol–water partition coefficient (Wildman–Crippen LogP) is 1.15. The number of fused-ring (bicyclic) bond motifs is 1. The van der Waals surface area contributed by atoms with E-state index in [-0.39, 0.29) is 42.2 Å². The topological polar surface area (TPSA) is 130 Å². The van der Waals surface area contributed by atoms with Gasteiger partial charge in [0.1, 0.15) is 13.2 Å². The molecule has 0 saturated heterocycles. The Morgan fingerprint density at radius 3 is 2.43 bits per heavy atom. The van der Waals surface area contributed by atoms with Crippen LogP contribution in [0.15, 0.2) is 48.5 Å². The molecule has 0 aromatic heterocycles. The lowest BCUT2D eigenvalue weighted by atomic mass is 10.1. The van der Waals surface area contributed by atoms with Crippen molar-refractivity contribution in [1.29, 1.82) is 0 Å². The first-order valence-electron chi connectivity index (χ1n) is 9.12. The summed E-state index contributed by atoms with van der Waals surface area (Å²) in [4.78, 5) is 37.9. The van der Waals surface area contributed by atoms with E-state index < -0.39 is 34.4 Å². The zero-order chi connectivity index (χ0) is 21.7. The van der Waals surface area contributed by atoms with Crippen molar-refractivity contribution in [3.05, 3.63) is 65.2 Å². The summed E-state index contributed by atoms with van der Waals surface area (Å²) in [7, 11) is -3.71. The van der Waals surface area contributed by atoms with E-state index in [9.17, 15) is 22.8 Å². The molecular weight excluding hydrogens is 412 g/mol. The number of aliphatic hydroxyl groups excluding tert-OH is 1. The van der Waals surface area contributed by atoms with Gasteiger partial charge in [-0.3, -0.25) is 24.0 Å². The number of esters is 1. The average Bonchev–Trinajstić information content (AvgIpc) is 2.95. The van der Waals surface area contributed by atoms with Crippen LogP contribution in [0.5, 0.6) is 0 Å². The SMILES string of the molecule is O=C(CN1C(=O)c2ccc(NS(=O)(=O)CCCO)cc2C1=O)OCc1ccccc1. The highest BCUT2D eigenvalue weighted by molar-refractivity contribution is 7.92. The Morgan fingerprint density at radius 1 is 1.03 bits per heavy atom. The maximum atomic E-state index is 12.6. The number of hydrogen-bond donors (Lipinski definition) is 2. The molecule has 3 rings (SSSR count). The van der Waals surface area contributed by atoms with Crippen molar-refractivity contribution in [3.63, 3.8) is 0 Å². The molecule has 158 valence electrons. The highest BCUT2D eigenvalue weighted by Gasteiger charge is 2.37. The Labute approximate surface area is 173 Å². The zero-order valence-electron chi connectivity index (χ0n) is 15.9. The zero-order valence-corrected chi connectivity index (χ0v) is 16.7. The normalized spacial score (nSPS) is 13.3. The number of nitrogens with one attached hydrogen (secondary N) is 1. The molecule has 0 unspecified atom stereocenters. The number of aliphatic hydroxyl groups is 1. The molecule has 1 heterocycles. The Morgan fingerprint density at radius 2 is 1.73 bits per heavy atom. The van der Waals surface area contributed by atoms with Crippen LogP contribution < -0.4 is 4.72 Å². The number of nitrogens with zero attached hydrogens (tertiary/aromatic N) is 1. The van der Waals surface area contributed by atoms with Gasteiger partial charge in [0.2, 0.25) is 10.0 Å². The van der Waals surface area contributed by atoms with Crippen LogP contribution in [0.4, 0.5) is 5.69 Å². The van der Waals surface area contributed by atoms with Gasteiger partial charge < -0.3 is 9.84 Å². The number of imide groups is 1. The summed E-state index contributed by atoms with van der Waals surface area (Å²) in [5.74, 6) is -2.38. The lowest BCUT2D eigenvalue weighted by molar-refractivity contribution is -0.145. The van der Waals surface area contributed by atoms with Crippen molar-refractivity contribution in [3.8, 4) is 0 Å². The van der Waals surface area contributed by atoms with Crippen molar-refractivity contribution >= 4 is 33.5 Å². The first-order chi connectivity index (χ1) is 14.3. The fourth-order valence-corrected chi connectivity index (χ4v) is 3.99. The summed E-state index contributed by atoms with van der Waals surface area (Å²) < 4.78 is 31.3. The molecule has 0 atom stereocenters. The summed E-state index contributed by atoms with van der Waals surface area (Å²) in [6, 6.07) is 12.9. The molecule has 2 N–H and O–H groups in total. The number of sulfonamides is 1. The van der Waals surface area contributed by atoms with Crippen LogP contribution in [0.25, 0.3) is 0 Å². The third kappa shape index (κ3) is 5.02. The maximum Gasteiger partial charge on any atom is 0.326 e. The Kier molecular flexibility index (Phi) is 6.48. The quantitative estimate of drug-likeness (QED) is 0.449. The second-order valence-corrected chi connectivity index (χ2v) is 8.44. The van der Waals surface area contributed by atoms with Crippen LogP contribution in [0, 0.1) is 0 Å². The second kappa shape index (κ2) is 9.06. The maximum absolute atomic E-state index is 12.6. The van der Waals surface area contributed by atoms with E-state index in [0.29, 0.717) is 0 Å². The molecular formula is C20H20N2O7S. The number of benzene rings is 2. The number of carbonyl (C=O) groups is 3. The minimum Gasteiger partial charge on any atom is -0.459 e. The van der Waals surface area contributed by atoms with Crippen molar-refractivity contribution in [2.24, 2.45) is 0 Å². The van der Waals surface area contributed by atoms with Crippen LogP contribution in [-0.4, -0.2) is 55.1 Å². The van der Waals surface area contributed by atoms with Crippen LogP contribution in [-0.2, 0) is 26.2 Å². The minimum atomic E-state index is -3.71. The van der Waals surface area contributed by atoms with E-state index in [1.165, 1.54) is 18.2 Å². The second-order valence-electron chi connectivity index (χ2n) is 6.60. The summed E-state index contributed by atoms with van der Waals surface area (Å²) in [6.45, 7) is -0.799. The first kappa shape index (κ1) is 21.5. The van der Waals surface area contributed by atoms with Crippen molar-refractivity contribution in [2.45, 2.75) is 13.0 Å². The van der Waals surface area contributed by atoms with Gasteiger partial charge in [-0.2, -0.15) is 0 Å². The van der Waals surface area contributed by atoms with Gasteiger partial charge in [0.15, 0.2) is 0 Å². The van der Waals surface area contributed by atoms with Gasteiger partial charge in [0.25, 0.3) is 11.8 Å². The molecule has 2 amide bonds. The highest BCUT2D eigenvalue weighted by Crippen LogP contribution is 2.26. The Bertz CT molecular complexity index is 1070. The van der Waals surface area contributed by atoms with E-state index in [2.05, 4.69) is 4.72 Å². The number of anilines is 1. The molecule has 1 aliphatic heterocycles. The van der Waals surface area contributed by atoms with Crippen LogP contribution in [0.3, 0.4) is 0 Å². The summed E-state index contributed by atoms with van der Waals surface area (Å²) in [5.41, 5.74) is 0.958. The van der Waals surface area contributed by atoms with Crippen molar-refractivity contribution in [1.82, 2.24) is 4.90 Å². The van der Waals surface area contributed by atoms with Gasteiger partial charge in [-0.1, -0.05) is 30.3 Å². The molecule has 0 fully saturated rings. The fourth-order valence-electron chi connectivity index (χ4n) is 2.90. The number of rotatable bonds is 9. The van der Waals surface area contributed by atoms with E-state index in [4.69, 9.17) is 9.84 Å². The summed E-state index contributed by atoms with van der Waals surface area (Å²) >= 11 is 0. The largest absolute Gasteiger partial charge is 0.459 e. The number of ether oxygens (including phenoxy) is 1. The molecule has 0 spiro atoms. The van der Waals surface area contributed by atoms with Gasteiger partial charge in [-0.05, 0) is 30.2 Å². The summed E-state index contributed by atoms with van der Waals surface area (Å²) in [6.07, 6.45) is 0.0660. The van der Waals surface area contributed by atoms with E-state index in [0.717, 1.165) is 10.5 Å². The molecule has 2 aromatic rings. The van der Waals surface area contributed by atoms with Gasteiger partial charge in [-0.15, -0.1) is 0 Å². The molecule has 0 radical (unpaired) electrons. The van der Waals surface area contributed by atoms with Gasteiger partial charge in [0.05, 0.1) is 16.9 Å². The molecule has 10 heteroatoms. The standard InChI is InChI=1S/C20H20N2O7S/c23-9-4-10-30(27,28)21-15-7-8-16-17(11-15)20(26)22(19(16)25)12-18(24)29-13-14-5-2-1-3-6-14/h1-3,5-8,11,21,23H,4,9-10,12-13H2. The number of hydrogen-bond acceptors (Lipinski definition) is 7. The van der Waals surface area contributed by atoms with Crippen LogP contribution in [0.1, 0.15) is 32.7 Å².